The van der Waals surface area contributed by atoms with Crippen molar-refractivity contribution in [1.29, 1.82) is 0 Å². The van der Waals surface area contributed by atoms with Crippen molar-refractivity contribution in [2.24, 2.45) is 5.41 Å². The quantitative estimate of drug-likeness (QED) is 0.779. The molecule has 0 bridgehead atoms. The summed E-state index contributed by atoms with van der Waals surface area (Å²) < 4.78 is 0. The van der Waals surface area contributed by atoms with Gasteiger partial charge in [-0.1, -0.05) is 19.1 Å². The molecule has 122 valence electrons. The minimum Gasteiger partial charge on any atom is -0.396 e. The molecule has 2 amide bonds. The molecule has 0 saturated carbocycles. The van der Waals surface area contributed by atoms with Gasteiger partial charge >= 0.3 is 6.03 Å². The van der Waals surface area contributed by atoms with Crippen molar-refractivity contribution in [2.45, 2.75) is 32.6 Å². The number of hydrogen-bond acceptors (Lipinski definition) is 3. The fourth-order valence-corrected chi connectivity index (χ4v) is 2.90. The number of amides is 2. The molecule has 1 aromatic carbocycles. The molecule has 0 radical (unpaired) electrons. The molecule has 0 unspecified atom stereocenters. The second-order valence-corrected chi connectivity index (χ2v) is 6.56. The van der Waals surface area contributed by atoms with Gasteiger partial charge in [0.1, 0.15) is 0 Å². The zero-order chi connectivity index (χ0) is 16.2. The lowest BCUT2D eigenvalue weighted by molar-refractivity contribution is 0.0509. The molecule has 5 heteroatoms. The van der Waals surface area contributed by atoms with Gasteiger partial charge in [-0.05, 0) is 42.9 Å². The summed E-state index contributed by atoms with van der Waals surface area (Å²) in [6.45, 7) is 1.71. The minimum atomic E-state index is -0.692. The lowest BCUT2D eigenvalue weighted by atomic mass is 9.90. The van der Waals surface area contributed by atoms with E-state index in [1.807, 2.05) is 12.1 Å². The Morgan fingerprint density at radius 2 is 1.95 bits per heavy atom. The van der Waals surface area contributed by atoms with Gasteiger partial charge in [0.05, 0.1) is 13.2 Å². The third-order valence-corrected chi connectivity index (χ3v) is 4.37. The van der Waals surface area contributed by atoms with E-state index >= 15 is 0 Å². The molecule has 1 aliphatic rings. The van der Waals surface area contributed by atoms with Gasteiger partial charge in [0, 0.05) is 24.7 Å². The highest BCUT2D eigenvalue weighted by molar-refractivity contribution is 5.90. The Kier molecular flexibility index (Phi) is 5.42. The fourth-order valence-electron chi connectivity index (χ4n) is 2.90. The number of hydrogen-bond donors (Lipinski definition) is 3. The van der Waals surface area contributed by atoms with Gasteiger partial charge in [0.15, 0.2) is 0 Å². The Balaban J connectivity index is 2.06. The van der Waals surface area contributed by atoms with Crippen molar-refractivity contribution in [3.8, 4) is 0 Å². The van der Waals surface area contributed by atoms with E-state index in [0.717, 1.165) is 24.9 Å². The van der Waals surface area contributed by atoms with E-state index in [-0.39, 0.29) is 19.2 Å². The van der Waals surface area contributed by atoms with E-state index in [9.17, 15) is 15.0 Å². The molecule has 0 aliphatic heterocycles. The van der Waals surface area contributed by atoms with E-state index in [0.29, 0.717) is 6.54 Å². The fraction of sp³-hybridized carbons (Fsp3) is 0.588. The Bertz CT molecular complexity index is 527. The highest BCUT2D eigenvalue weighted by atomic mass is 16.3. The van der Waals surface area contributed by atoms with Crippen LogP contribution >= 0.6 is 0 Å². The third kappa shape index (κ3) is 3.78. The van der Waals surface area contributed by atoms with Crippen molar-refractivity contribution < 1.29 is 15.0 Å². The predicted octanol–water partition coefficient (Wildman–Crippen LogP) is 2.02. The first-order valence-corrected chi connectivity index (χ1v) is 7.84. The Morgan fingerprint density at radius 1 is 1.27 bits per heavy atom. The van der Waals surface area contributed by atoms with Crippen LogP contribution in [0.3, 0.4) is 0 Å². The standard InChI is InChI=1S/C17H26N2O3/c1-17(11-20,12-21)10-19(2)16(22)18-15-9-5-7-13-6-3-4-8-14(13)15/h5,7,9,20-21H,3-4,6,8,10-12H2,1-2H3,(H,18,22). The van der Waals surface area contributed by atoms with Crippen LogP contribution in [0.2, 0.25) is 0 Å². The number of carbonyl (C=O) groups is 1. The molecule has 0 fully saturated rings. The molecule has 0 spiro atoms. The van der Waals surface area contributed by atoms with Crippen LogP contribution < -0.4 is 5.32 Å². The highest BCUT2D eigenvalue weighted by Gasteiger charge is 2.27. The first-order chi connectivity index (χ1) is 10.5. The number of benzene rings is 1. The largest absolute Gasteiger partial charge is 0.396 e. The van der Waals surface area contributed by atoms with Crippen molar-refractivity contribution in [2.75, 3.05) is 32.1 Å². The summed E-state index contributed by atoms with van der Waals surface area (Å²) in [6.07, 6.45) is 4.43. The summed E-state index contributed by atoms with van der Waals surface area (Å²) in [6, 6.07) is 5.83. The minimum absolute atomic E-state index is 0.165. The van der Waals surface area contributed by atoms with Gasteiger partial charge in [0.2, 0.25) is 0 Å². The first-order valence-electron chi connectivity index (χ1n) is 7.84. The van der Waals surface area contributed by atoms with Gasteiger partial charge in [-0.2, -0.15) is 0 Å². The summed E-state index contributed by atoms with van der Waals surface area (Å²) >= 11 is 0. The highest BCUT2D eigenvalue weighted by Crippen LogP contribution is 2.28. The van der Waals surface area contributed by atoms with E-state index in [1.165, 1.54) is 22.4 Å². The normalized spacial score (nSPS) is 14.4. The lowest BCUT2D eigenvalue weighted by Gasteiger charge is -2.30. The molecule has 0 saturated heterocycles. The smallest absolute Gasteiger partial charge is 0.321 e. The van der Waals surface area contributed by atoms with Crippen LogP contribution in [0.4, 0.5) is 10.5 Å². The van der Waals surface area contributed by atoms with E-state index in [4.69, 9.17) is 0 Å². The second kappa shape index (κ2) is 7.11. The number of nitrogens with zero attached hydrogens (tertiary/aromatic N) is 1. The Labute approximate surface area is 131 Å². The molecule has 0 heterocycles. The van der Waals surface area contributed by atoms with Crippen LogP contribution in [0.25, 0.3) is 0 Å². The maximum absolute atomic E-state index is 12.4. The summed E-state index contributed by atoms with van der Waals surface area (Å²) in [7, 11) is 1.67. The number of rotatable bonds is 5. The van der Waals surface area contributed by atoms with Crippen LogP contribution in [-0.2, 0) is 12.8 Å². The Morgan fingerprint density at radius 3 is 2.64 bits per heavy atom. The zero-order valence-electron chi connectivity index (χ0n) is 13.4. The second-order valence-electron chi connectivity index (χ2n) is 6.56. The topological polar surface area (TPSA) is 72.8 Å². The van der Waals surface area contributed by atoms with Crippen molar-refractivity contribution in [3.05, 3.63) is 29.3 Å². The predicted molar refractivity (Wildman–Crippen MR) is 87.0 cm³/mol. The zero-order valence-corrected chi connectivity index (χ0v) is 13.4. The van der Waals surface area contributed by atoms with E-state index in [1.54, 1.807) is 14.0 Å². The van der Waals surface area contributed by atoms with Gasteiger partial charge < -0.3 is 20.4 Å². The maximum atomic E-state index is 12.4. The van der Waals surface area contributed by atoms with Gasteiger partial charge in [-0.3, -0.25) is 0 Å². The monoisotopic (exact) mass is 306 g/mol. The molecule has 0 aromatic heterocycles. The lowest BCUT2D eigenvalue weighted by Crippen LogP contribution is -2.43. The van der Waals surface area contributed by atoms with E-state index in [2.05, 4.69) is 11.4 Å². The summed E-state index contributed by atoms with van der Waals surface area (Å²) in [5.41, 5.74) is 2.75. The first kappa shape index (κ1) is 16.8. The number of aryl methyl sites for hydroxylation is 1. The summed E-state index contributed by atoms with van der Waals surface area (Å²) in [5, 5.41) is 21.7. The van der Waals surface area contributed by atoms with Crippen LogP contribution in [-0.4, -0.2) is 48.0 Å². The average Bonchev–Trinajstić information content (AvgIpc) is 2.55. The molecule has 0 atom stereocenters. The van der Waals surface area contributed by atoms with Crippen molar-refractivity contribution in [1.82, 2.24) is 4.90 Å². The molecule has 2 rings (SSSR count). The molecular formula is C17H26N2O3. The number of carbonyl (C=O) groups excluding carboxylic acids is 1. The van der Waals surface area contributed by atoms with Gasteiger partial charge in [-0.15, -0.1) is 0 Å². The number of fused-ring (bicyclic) bond motifs is 1. The van der Waals surface area contributed by atoms with Crippen LogP contribution in [0, 0.1) is 5.41 Å². The van der Waals surface area contributed by atoms with Crippen LogP contribution in [0.5, 0.6) is 0 Å². The summed E-state index contributed by atoms with van der Waals surface area (Å²) in [4.78, 5) is 13.9. The number of urea groups is 1. The average molecular weight is 306 g/mol. The SMILES string of the molecule is CN(CC(C)(CO)CO)C(=O)Nc1cccc2c1CCCC2. The number of aliphatic hydroxyl groups is 2. The van der Waals surface area contributed by atoms with Gasteiger partial charge in [-0.25, -0.2) is 4.79 Å². The molecule has 1 aliphatic carbocycles. The number of aliphatic hydroxyl groups excluding tert-OH is 2. The Hall–Kier alpha value is -1.59. The van der Waals surface area contributed by atoms with Crippen molar-refractivity contribution in [3.63, 3.8) is 0 Å². The van der Waals surface area contributed by atoms with Crippen LogP contribution in [0.1, 0.15) is 30.9 Å². The molecule has 1 aromatic rings. The van der Waals surface area contributed by atoms with Crippen molar-refractivity contribution >= 4 is 11.7 Å². The molecule has 3 N–H and O–H groups in total. The third-order valence-electron chi connectivity index (χ3n) is 4.37. The molecular weight excluding hydrogens is 280 g/mol. The molecule has 22 heavy (non-hydrogen) atoms. The van der Waals surface area contributed by atoms with Gasteiger partial charge in [0.25, 0.3) is 0 Å². The van der Waals surface area contributed by atoms with Crippen LogP contribution in [0.15, 0.2) is 18.2 Å². The maximum Gasteiger partial charge on any atom is 0.321 e. The number of nitrogens with one attached hydrogen (secondary N) is 1. The molecule has 5 nitrogen and oxygen atoms in total. The number of anilines is 1. The van der Waals surface area contributed by atoms with E-state index < -0.39 is 5.41 Å². The summed E-state index contributed by atoms with van der Waals surface area (Å²) in [5.74, 6) is 0.